The Balaban J connectivity index is 2.14. The third-order valence-corrected chi connectivity index (χ3v) is 3.78. The van der Waals surface area contributed by atoms with Gasteiger partial charge in [0.25, 0.3) is 0 Å². The van der Waals surface area contributed by atoms with Crippen molar-refractivity contribution in [3.8, 4) is 0 Å². The summed E-state index contributed by atoms with van der Waals surface area (Å²) < 4.78 is 0. The number of likely N-dealkylation sites (tertiary alicyclic amines) is 1. The molecule has 1 aliphatic heterocycles. The lowest BCUT2D eigenvalue weighted by atomic mass is 10.0. The van der Waals surface area contributed by atoms with Crippen LogP contribution in [0.15, 0.2) is 17.5 Å². The van der Waals surface area contributed by atoms with Crippen molar-refractivity contribution in [3.05, 3.63) is 22.4 Å². The van der Waals surface area contributed by atoms with E-state index in [0.29, 0.717) is 12.8 Å². The Bertz CT molecular complexity index is 468. The maximum atomic E-state index is 12.0. The second-order valence-corrected chi connectivity index (χ2v) is 5.19. The zero-order valence-electron chi connectivity index (χ0n) is 9.67. The molecule has 18 heavy (non-hydrogen) atoms. The lowest BCUT2D eigenvalue weighted by Gasteiger charge is -2.31. The lowest BCUT2D eigenvalue weighted by molar-refractivity contribution is -0.160. The molecule has 1 aromatic rings. The minimum absolute atomic E-state index is 0.0905. The molecule has 1 aromatic heterocycles. The maximum Gasteiger partial charge on any atom is 0.326 e. The van der Waals surface area contributed by atoms with Gasteiger partial charge in [0, 0.05) is 11.3 Å². The van der Waals surface area contributed by atoms with Gasteiger partial charge in [-0.1, -0.05) is 6.07 Å². The summed E-state index contributed by atoms with van der Waals surface area (Å²) in [7, 11) is 0. The molecule has 5 nitrogen and oxygen atoms in total. The fraction of sp³-hybridized carbons (Fsp3) is 0.417. The van der Waals surface area contributed by atoms with Crippen LogP contribution in [0.3, 0.4) is 0 Å². The number of aliphatic carboxylic acids is 1. The zero-order chi connectivity index (χ0) is 13.1. The third-order valence-electron chi connectivity index (χ3n) is 2.91. The molecule has 0 bridgehead atoms. The fourth-order valence-electron chi connectivity index (χ4n) is 2.06. The van der Waals surface area contributed by atoms with Crippen LogP contribution in [-0.4, -0.2) is 33.8 Å². The SMILES string of the molecule is O=C(O)C1CCCC(=O)N1C(=O)Cc1cccs1. The number of hydrogen-bond acceptors (Lipinski definition) is 4. The summed E-state index contributed by atoms with van der Waals surface area (Å²) in [4.78, 5) is 36.6. The molecule has 0 spiro atoms. The standard InChI is InChI=1S/C12H13NO4S/c14-10-5-1-4-9(12(16)17)13(10)11(15)7-8-3-2-6-18-8/h2-3,6,9H,1,4-5,7H2,(H,16,17). The predicted octanol–water partition coefficient (Wildman–Crippen LogP) is 1.28. The Labute approximate surface area is 108 Å². The van der Waals surface area contributed by atoms with E-state index in [-0.39, 0.29) is 18.7 Å². The van der Waals surface area contributed by atoms with Gasteiger partial charge in [0.2, 0.25) is 11.8 Å². The summed E-state index contributed by atoms with van der Waals surface area (Å²) in [5, 5.41) is 10.9. The highest BCUT2D eigenvalue weighted by Crippen LogP contribution is 2.20. The summed E-state index contributed by atoms with van der Waals surface area (Å²) in [5.41, 5.74) is 0. The molecule has 2 rings (SSSR count). The molecular formula is C12H13NO4S. The molecular weight excluding hydrogens is 254 g/mol. The lowest BCUT2D eigenvalue weighted by Crippen LogP contribution is -2.51. The topological polar surface area (TPSA) is 74.7 Å². The van der Waals surface area contributed by atoms with Crippen LogP contribution >= 0.6 is 11.3 Å². The highest BCUT2D eigenvalue weighted by atomic mass is 32.1. The van der Waals surface area contributed by atoms with E-state index in [0.717, 1.165) is 9.78 Å². The van der Waals surface area contributed by atoms with Crippen molar-refractivity contribution >= 4 is 29.1 Å². The van der Waals surface area contributed by atoms with Crippen LogP contribution in [0.4, 0.5) is 0 Å². The van der Waals surface area contributed by atoms with Crippen LogP contribution in [0.2, 0.25) is 0 Å². The number of carbonyl (C=O) groups excluding carboxylic acids is 2. The number of thiophene rings is 1. The molecule has 0 aromatic carbocycles. The number of rotatable bonds is 3. The molecule has 0 aliphatic carbocycles. The second kappa shape index (κ2) is 5.30. The molecule has 2 heterocycles. The summed E-state index contributed by atoms with van der Waals surface area (Å²) in [5.74, 6) is -1.91. The van der Waals surface area contributed by atoms with E-state index in [9.17, 15) is 14.4 Å². The van der Waals surface area contributed by atoms with Crippen molar-refractivity contribution in [3.63, 3.8) is 0 Å². The molecule has 1 aliphatic rings. The molecule has 1 fully saturated rings. The van der Waals surface area contributed by atoms with Gasteiger partial charge >= 0.3 is 5.97 Å². The Morgan fingerprint density at radius 1 is 1.50 bits per heavy atom. The smallest absolute Gasteiger partial charge is 0.326 e. The summed E-state index contributed by atoms with van der Waals surface area (Å²) in [6, 6.07) is 2.62. The number of carbonyl (C=O) groups is 3. The van der Waals surface area contributed by atoms with Crippen molar-refractivity contribution in [1.29, 1.82) is 0 Å². The largest absolute Gasteiger partial charge is 0.480 e. The van der Waals surface area contributed by atoms with Gasteiger partial charge in [-0.3, -0.25) is 14.5 Å². The Morgan fingerprint density at radius 2 is 2.28 bits per heavy atom. The van der Waals surface area contributed by atoms with Gasteiger partial charge in [-0.05, 0) is 24.3 Å². The van der Waals surface area contributed by atoms with Crippen LogP contribution in [0.5, 0.6) is 0 Å². The molecule has 2 amide bonds. The van der Waals surface area contributed by atoms with Crippen molar-refractivity contribution in [2.45, 2.75) is 31.7 Å². The van der Waals surface area contributed by atoms with Crippen molar-refractivity contribution < 1.29 is 19.5 Å². The molecule has 96 valence electrons. The van der Waals surface area contributed by atoms with E-state index in [4.69, 9.17) is 5.11 Å². The van der Waals surface area contributed by atoms with Crippen molar-refractivity contribution in [1.82, 2.24) is 4.90 Å². The Hall–Kier alpha value is -1.69. The van der Waals surface area contributed by atoms with E-state index in [2.05, 4.69) is 0 Å². The molecule has 0 saturated carbocycles. The van der Waals surface area contributed by atoms with E-state index in [1.54, 1.807) is 6.07 Å². The number of piperidine rings is 1. The third kappa shape index (κ3) is 2.59. The first-order valence-electron chi connectivity index (χ1n) is 5.69. The predicted molar refractivity (Wildman–Crippen MR) is 65.2 cm³/mol. The number of carboxylic acids is 1. The van der Waals surface area contributed by atoms with Gasteiger partial charge in [0.1, 0.15) is 6.04 Å². The minimum Gasteiger partial charge on any atom is -0.480 e. The number of amides is 2. The van der Waals surface area contributed by atoms with Crippen LogP contribution in [-0.2, 0) is 20.8 Å². The Kier molecular flexibility index (Phi) is 3.76. The van der Waals surface area contributed by atoms with E-state index in [1.165, 1.54) is 11.3 Å². The molecule has 1 atom stereocenters. The highest BCUT2D eigenvalue weighted by molar-refractivity contribution is 7.10. The van der Waals surface area contributed by atoms with Crippen LogP contribution < -0.4 is 0 Å². The molecule has 1 unspecified atom stereocenters. The summed E-state index contributed by atoms with van der Waals surface area (Å²) in [6.07, 6.45) is 1.21. The van der Waals surface area contributed by atoms with Gasteiger partial charge in [-0.25, -0.2) is 4.79 Å². The zero-order valence-corrected chi connectivity index (χ0v) is 10.5. The van der Waals surface area contributed by atoms with Crippen molar-refractivity contribution in [2.24, 2.45) is 0 Å². The van der Waals surface area contributed by atoms with Gasteiger partial charge in [-0.15, -0.1) is 11.3 Å². The average molecular weight is 267 g/mol. The number of carboxylic acid groups (broad SMARTS) is 1. The van der Waals surface area contributed by atoms with E-state index in [1.807, 2.05) is 11.4 Å². The number of hydrogen-bond donors (Lipinski definition) is 1. The monoisotopic (exact) mass is 267 g/mol. The van der Waals surface area contributed by atoms with Crippen molar-refractivity contribution in [2.75, 3.05) is 0 Å². The first-order chi connectivity index (χ1) is 8.59. The maximum absolute atomic E-state index is 12.0. The first-order valence-corrected chi connectivity index (χ1v) is 6.57. The van der Waals surface area contributed by atoms with Crippen LogP contribution in [0.25, 0.3) is 0 Å². The van der Waals surface area contributed by atoms with Gasteiger partial charge in [0.15, 0.2) is 0 Å². The summed E-state index contributed by atoms with van der Waals surface area (Å²) in [6.45, 7) is 0. The fourth-order valence-corrected chi connectivity index (χ4v) is 2.76. The van der Waals surface area contributed by atoms with E-state index < -0.39 is 17.9 Å². The molecule has 6 heteroatoms. The molecule has 0 radical (unpaired) electrons. The van der Waals surface area contributed by atoms with Crippen LogP contribution in [0, 0.1) is 0 Å². The Morgan fingerprint density at radius 3 is 2.89 bits per heavy atom. The summed E-state index contributed by atoms with van der Waals surface area (Å²) >= 11 is 1.42. The molecule has 1 N–H and O–H groups in total. The second-order valence-electron chi connectivity index (χ2n) is 4.16. The average Bonchev–Trinajstić information content (AvgIpc) is 2.81. The first kappa shape index (κ1) is 12.8. The highest BCUT2D eigenvalue weighted by Gasteiger charge is 2.37. The van der Waals surface area contributed by atoms with E-state index >= 15 is 0 Å². The van der Waals surface area contributed by atoms with Crippen LogP contribution in [0.1, 0.15) is 24.1 Å². The number of imide groups is 1. The van der Waals surface area contributed by atoms with Gasteiger partial charge in [0.05, 0.1) is 6.42 Å². The van der Waals surface area contributed by atoms with Gasteiger partial charge < -0.3 is 5.11 Å². The van der Waals surface area contributed by atoms with Gasteiger partial charge in [-0.2, -0.15) is 0 Å². The normalized spacial score (nSPS) is 19.9. The quantitative estimate of drug-likeness (QED) is 0.895. The number of nitrogens with zero attached hydrogens (tertiary/aromatic N) is 1. The minimum atomic E-state index is -1.11. The molecule has 1 saturated heterocycles.